The Kier molecular flexibility index (Phi) is 2.55. The number of hydrogen-bond donors (Lipinski definition) is 1. The molecule has 0 unspecified atom stereocenters. The third kappa shape index (κ3) is 1.95. The van der Waals surface area contributed by atoms with Crippen molar-refractivity contribution in [3.63, 3.8) is 0 Å². The largest absolute Gasteiger partial charge is 0.233 e. The van der Waals surface area contributed by atoms with Gasteiger partial charge in [-0.3, -0.25) is 0 Å². The van der Waals surface area contributed by atoms with Gasteiger partial charge >= 0.3 is 0 Å². The Morgan fingerprint density at radius 2 is 2.00 bits per heavy atom. The first-order valence-electron chi connectivity index (χ1n) is 2.21. The molecule has 0 aromatic carbocycles. The summed E-state index contributed by atoms with van der Waals surface area (Å²) in [6.07, 6.45) is 0. The minimum absolute atomic E-state index is 0.764. The number of nitrogens with zero attached hydrogens (tertiary/aromatic N) is 1. The van der Waals surface area contributed by atoms with Crippen LogP contribution in [-0.2, 0) is 0 Å². The first kappa shape index (κ1) is 7.57. The van der Waals surface area contributed by atoms with Gasteiger partial charge in [-0.05, 0) is 44.0 Å². The topological polar surface area (TPSA) is 12.9 Å². The van der Waals surface area contributed by atoms with E-state index < -0.39 is 0 Å². The van der Waals surface area contributed by atoms with Gasteiger partial charge in [-0.1, -0.05) is 0 Å². The summed E-state index contributed by atoms with van der Waals surface area (Å²) in [6, 6.07) is 3.71. The zero-order chi connectivity index (χ0) is 6.85. The van der Waals surface area contributed by atoms with Crippen molar-refractivity contribution >= 4 is 44.5 Å². The van der Waals surface area contributed by atoms with Crippen LogP contribution in [0.3, 0.4) is 0 Å². The normalized spacial score (nSPS) is 9.67. The molecule has 0 bridgehead atoms. The van der Waals surface area contributed by atoms with Crippen molar-refractivity contribution in [3.05, 3.63) is 21.3 Å². The lowest BCUT2D eigenvalue weighted by Gasteiger charge is -1.93. The maximum Gasteiger partial charge on any atom is 0.120 e. The molecule has 48 valence electrons. The Morgan fingerprint density at radius 1 is 1.33 bits per heavy atom. The molecule has 1 heterocycles. The van der Waals surface area contributed by atoms with E-state index in [4.69, 9.17) is 0 Å². The van der Waals surface area contributed by atoms with Crippen molar-refractivity contribution in [2.45, 2.75) is 4.90 Å². The number of halogens is 2. The van der Waals surface area contributed by atoms with Gasteiger partial charge in [0.1, 0.15) is 9.21 Å². The fourth-order valence-corrected chi connectivity index (χ4v) is 1.40. The fraction of sp³-hybridized carbons (Fsp3) is 0. The van der Waals surface area contributed by atoms with Crippen LogP contribution >= 0.6 is 44.5 Å². The highest BCUT2D eigenvalue weighted by molar-refractivity contribution is 9.11. The average molecular weight is 269 g/mol. The Morgan fingerprint density at radius 3 is 2.44 bits per heavy atom. The van der Waals surface area contributed by atoms with Crippen molar-refractivity contribution in [3.8, 4) is 0 Å². The highest BCUT2D eigenvalue weighted by atomic mass is 79.9. The van der Waals surface area contributed by atoms with Crippen LogP contribution in [0.2, 0.25) is 0 Å². The monoisotopic (exact) mass is 267 g/mol. The van der Waals surface area contributed by atoms with Gasteiger partial charge in [0, 0.05) is 4.90 Å². The molecule has 0 spiro atoms. The SMILES string of the molecule is Sc1ccc(Br)nc1Br. The molecular formula is C5H3Br2NS. The predicted molar refractivity (Wildman–Crippen MR) is 46.9 cm³/mol. The quantitative estimate of drug-likeness (QED) is 0.564. The smallest absolute Gasteiger partial charge is 0.120 e. The van der Waals surface area contributed by atoms with E-state index in [2.05, 4.69) is 49.5 Å². The maximum absolute atomic E-state index is 4.11. The molecule has 0 atom stereocenters. The van der Waals surface area contributed by atoms with Gasteiger partial charge in [-0.2, -0.15) is 0 Å². The highest BCUT2D eigenvalue weighted by Crippen LogP contribution is 2.19. The third-order valence-electron chi connectivity index (χ3n) is 0.795. The zero-order valence-electron chi connectivity index (χ0n) is 4.31. The third-order valence-corrected chi connectivity index (χ3v) is 2.51. The maximum atomic E-state index is 4.11. The van der Waals surface area contributed by atoms with Gasteiger partial charge in [-0.25, -0.2) is 4.98 Å². The molecule has 1 nitrogen and oxygen atoms in total. The van der Waals surface area contributed by atoms with Crippen molar-refractivity contribution in [2.75, 3.05) is 0 Å². The van der Waals surface area contributed by atoms with E-state index in [9.17, 15) is 0 Å². The molecule has 0 aliphatic carbocycles. The Bertz CT molecular complexity index is 226. The summed E-state index contributed by atoms with van der Waals surface area (Å²) in [5.41, 5.74) is 0. The molecule has 0 aliphatic heterocycles. The van der Waals surface area contributed by atoms with E-state index >= 15 is 0 Å². The second kappa shape index (κ2) is 3.03. The molecule has 0 amide bonds. The van der Waals surface area contributed by atoms with Crippen LogP contribution in [0.4, 0.5) is 0 Å². The minimum atomic E-state index is 0.764. The molecule has 4 heteroatoms. The van der Waals surface area contributed by atoms with Crippen LogP contribution in [0, 0.1) is 0 Å². The van der Waals surface area contributed by atoms with Crippen LogP contribution in [0.25, 0.3) is 0 Å². The van der Waals surface area contributed by atoms with Crippen LogP contribution in [-0.4, -0.2) is 4.98 Å². The molecule has 9 heavy (non-hydrogen) atoms. The number of thiol groups is 1. The first-order valence-corrected chi connectivity index (χ1v) is 4.24. The lowest BCUT2D eigenvalue weighted by Crippen LogP contribution is -1.77. The zero-order valence-corrected chi connectivity index (χ0v) is 8.37. The van der Waals surface area contributed by atoms with Crippen LogP contribution < -0.4 is 0 Å². The lowest BCUT2D eigenvalue weighted by atomic mass is 10.5. The standard InChI is InChI=1S/C5H3Br2NS/c6-4-2-1-3(9)5(7)8-4/h1-2,9H. The van der Waals surface area contributed by atoms with Gasteiger partial charge in [-0.15, -0.1) is 12.6 Å². The summed E-state index contributed by atoms with van der Waals surface area (Å²) in [7, 11) is 0. The lowest BCUT2D eigenvalue weighted by molar-refractivity contribution is 1.15. The summed E-state index contributed by atoms with van der Waals surface area (Å²) in [5, 5.41) is 0. The Labute approximate surface area is 75.5 Å². The second-order valence-corrected chi connectivity index (χ2v) is 3.49. The van der Waals surface area contributed by atoms with Gasteiger partial charge in [0.25, 0.3) is 0 Å². The molecule has 0 aliphatic rings. The highest BCUT2D eigenvalue weighted by Gasteiger charge is 1.94. The van der Waals surface area contributed by atoms with Crippen molar-refractivity contribution < 1.29 is 0 Å². The van der Waals surface area contributed by atoms with E-state index in [-0.39, 0.29) is 0 Å². The average Bonchev–Trinajstić information content (AvgIpc) is 1.80. The van der Waals surface area contributed by atoms with E-state index in [0.29, 0.717) is 0 Å². The van der Waals surface area contributed by atoms with E-state index in [1.54, 1.807) is 0 Å². The molecule has 1 aromatic heterocycles. The summed E-state index contributed by atoms with van der Waals surface area (Å²) in [6.45, 7) is 0. The summed E-state index contributed by atoms with van der Waals surface area (Å²) in [4.78, 5) is 4.88. The predicted octanol–water partition coefficient (Wildman–Crippen LogP) is 2.90. The summed E-state index contributed by atoms with van der Waals surface area (Å²) < 4.78 is 1.58. The molecule has 0 fully saturated rings. The molecule has 0 saturated heterocycles. The van der Waals surface area contributed by atoms with E-state index in [1.165, 1.54) is 0 Å². The van der Waals surface area contributed by atoms with Gasteiger partial charge in [0.05, 0.1) is 0 Å². The van der Waals surface area contributed by atoms with Gasteiger partial charge in [0.15, 0.2) is 0 Å². The van der Waals surface area contributed by atoms with E-state index in [0.717, 1.165) is 14.1 Å². The van der Waals surface area contributed by atoms with Crippen LogP contribution in [0.1, 0.15) is 0 Å². The van der Waals surface area contributed by atoms with Crippen molar-refractivity contribution in [1.82, 2.24) is 4.98 Å². The van der Waals surface area contributed by atoms with Crippen LogP contribution in [0.5, 0.6) is 0 Å². The molecule has 0 radical (unpaired) electrons. The van der Waals surface area contributed by atoms with Crippen LogP contribution in [0.15, 0.2) is 26.2 Å². The fourth-order valence-electron chi connectivity index (χ4n) is 0.405. The minimum Gasteiger partial charge on any atom is -0.233 e. The number of aromatic nitrogens is 1. The molecule has 0 N–H and O–H groups in total. The number of hydrogen-bond acceptors (Lipinski definition) is 2. The Hall–Kier alpha value is 0.460. The molecule has 1 rings (SSSR count). The van der Waals surface area contributed by atoms with Crippen molar-refractivity contribution in [1.29, 1.82) is 0 Å². The Balaban J connectivity index is 3.17. The molecule has 0 saturated carbocycles. The molecular weight excluding hydrogens is 266 g/mol. The van der Waals surface area contributed by atoms with Crippen molar-refractivity contribution in [2.24, 2.45) is 0 Å². The number of pyridine rings is 1. The summed E-state index contributed by atoms with van der Waals surface area (Å²) >= 11 is 10.6. The van der Waals surface area contributed by atoms with Gasteiger partial charge in [0.2, 0.25) is 0 Å². The molecule has 1 aromatic rings. The summed E-state index contributed by atoms with van der Waals surface area (Å²) in [5.74, 6) is 0. The second-order valence-electron chi connectivity index (χ2n) is 1.44. The van der Waals surface area contributed by atoms with E-state index in [1.807, 2.05) is 12.1 Å². The first-order chi connectivity index (χ1) is 4.20. The number of rotatable bonds is 0. The van der Waals surface area contributed by atoms with Gasteiger partial charge < -0.3 is 0 Å².